The number of hydrogen-bond acceptors (Lipinski definition) is 5. The van der Waals surface area contributed by atoms with Crippen LogP contribution in [0.1, 0.15) is 55.6 Å². The minimum atomic E-state index is 0.562. The van der Waals surface area contributed by atoms with Gasteiger partial charge >= 0.3 is 0 Å². The van der Waals surface area contributed by atoms with Crippen molar-refractivity contribution in [1.82, 2.24) is 14.9 Å². The second-order valence-electron chi connectivity index (χ2n) is 6.60. The van der Waals surface area contributed by atoms with Gasteiger partial charge < -0.3 is 10.2 Å². The zero-order valence-electron chi connectivity index (χ0n) is 12.9. The molecule has 114 valence electrons. The van der Waals surface area contributed by atoms with Crippen LogP contribution in [0.4, 0.5) is 5.82 Å². The van der Waals surface area contributed by atoms with E-state index in [0.717, 1.165) is 41.8 Å². The second-order valence-corrected chi connectivity index (χ2v) is 7.58. The van der Waals surface area contributed by atoms with Crippen LogP contribution < -0.4 is 5.32 Å². The van der Waals surface area contributed by atoms with E-state index in [4.69, 9.17) is 9.97 Å². The van der Waals surface area contributed by atoms with Crippen molar-refractivity contribution in [3.63, 3.8) is 0 Å². The SMILES string of the molecule is CCNc1nc(C2CC3CCC(C2)N3C)nc2c1CSC2. The molecule has 2 fully saturated rings. The number of fused-ring (bicyclic) bond motifs is 3. The molecule has 3 aliphatic rings. The van der Waals surface area contributed by atoms with Gasteiger partial charge in [-0.15, -0.1) is 0 Å². The van der Waals surface area contributed by atoms with Crippen molar-refractivity contribution in [1.29, 1.82) is 0 Å². The van der Waals surface area contributed by atoms with E-state index >= 15 is 0 Å². The third-order valence-corrected chi connectivity index (χ3v) is 6.37. The van der Waals surface area contributed by atoms with Gasteiger partial charge in [0.1, 0.15) is 11.6 Å². The van der Waals surface area contributed by atoms with Crippen LogP contribution in [0.5, 0.6) is 0 Å². The Morgan fingerprint density at radius 2 is 1.95 bits per heavy atom. The van der Waals surface area contributed by atoms with Gasteiger partial charge in [0.2, 0.25) is 0 Å². The van der Waals surface area contributed by atoms with E-state index in [9.17, 15) is 0 Å². The van der Waals surface area contributed by atoms with Gasteiger partial charge in [-0.1, -0.05) is 0 Å². The lowest BCUT2D eigenvalue weighted by molar-refractivity contribution is 0.159. The van der Waals surface area contributed by atoms with Gasteiger partial charge in [0, 0.05) is 41.6 Å². The summed E-state index contributed by atoms with van der Waals surface area (Å²) >= 11 is 1.96. The van der Waals surface area contributed by atoms with Crippen molar-refractivity contribution in [3.05, 3.63) is 17.1 Å². The quantitative estimate of drug-likeness (QED) is 0.929. The Morgan fingerprint density at radius 1 is 1.19 bits per heavy atom. The normalized spacial score (nSPS) is 31.4. The van der Waals surface area contributed by atoms with Crippen LogP contribution in [0.2, 0.25) is 0 Å². The first-order valence-corrected chi connectivity index (χ1v) is 9.35. The first-order valence-electron chi connectivity index (χ1n) is 8.19. The van der Waals surface area contributed by atoms with Gasteiger partial charge in [0.15, 0.2) is 0 Å². The average Bonchev–Trinajstić information content (AvgIpc) is 3.01. The molecule has 2 saturated heterocycles. The lowest BCUT2D eigenvalue weighted by atomic mass is 9.90. The molecular formula is C16H24N4S. The molecular weight excluding hydrogens is 280 g/mol. The van der Waals surface area contributed by atoms with E-state index in [0.29, 0.717) is 5.92 Å². The third kappa shape index (κ3) is 2.34. The molecule has 4 nitrogen and oxygen atoms in total. The molecule has 0 spiro atoms. The molecule has 0 saturated carbocycles. The molecule has 2 bridgehead atoms. The Bertz CT molecular complexity index is 533. The zero-order valence-corrected chi connectivity index (χ0v) is 13.7. The van der Waals surface area contributed by atoms with Crippen LogP contribution >= 0.6 is 11.8 Å². The van der Waals surface area contributed by atoms with Gasteiger partial charge in [0.05, 0.1) is 5.69 Å². The Hall–Kier alpha value is -0.810. The number of anilines is 1. The van der Waals surface area contributed by atoms with Gasteiger partial charge in [-0.3, -0.25) is 0 Å². The van der Waals surface area contributed by atoms with Crippen molar-refractivity contribution in [2.24, 2.45) is 0 Å². The molecule has 1 aromatic heterocycles. The fourth-order valence-electron chi connectivity index (χ4n) is 4.19. The highest BCUT2D eigenvalue weighted by Crippen LogP contribution is 2.42. The molecule has 0 aromatic carbocycles. The molecule has 21 heavy (non-hydrogen) atoms. The second kappa shape index (κ2) is 5.43. The molecule has 1 N–H and O–H groups in total. The molecule has 2 atom stereocenters. The molecule has 4 heterocycles. The molecule has 3 aliphatic heterocycles. The Kier molecular flexibility index (Phi) is 3.58. The molecule has 5 heteroatoms. The molecule has 4 rings (SSSR count). The van der Waals surface area contributed by atoms with E-state index in [-0.39, 0.29) is 0 Å². The standard InChI is InChI=1S/C16H24N4S/c1-3-17-16-13-8-21-9-14(13)18-15(19-16)10-6-11-4-5-12(7-10)20(11)2/h10-12H,3-9H2,1-2H3,(H,17,18,19). The van der Waals surface area contributed by atoms with Gasteiger partial charge in [-0.25, -0.2) is 9.97 Å². The molecule has 0 aliphatic carbocycles. The highest BCUT2D eigenvalue weighted by atomic mass is 32.2. The highest BCUT2D eigenvalue weighted by molar-refractivity contribution is 7.98. The van der Waals surface area contributed by atoms with E-state index in [1.807, 2.05) is 11.8 Å². The van der Waals surface area contributed by atoms with Gasteiger partial charge in [-0.2, -0.15) is 11.8 Å². The van der Waals surface area contributed by atoms with Crippen LogP contribution in [-0.2, 0) is 11.5 Å². The summed E-state index contributed by atoms with van der Waals surface area (Å²) < 4.78 is 0. The maximum Gasteiger partial charge on any atom is 0.134 e. The lowest BCUT2D eigenvalue weighted by Gasteiger charge is -2.35. The summed E-state index contributed by atoms with van der Waals surface area (Å²) in [5.41, 5.74) is 2.63. The number of aromatic nitrogens is 2. The summed E-state index contributed by atoms with van der Waals surface area (Å²) in [6.07, 6.45) is 5.20. The fourth-order valence-corrected chi connectivity index (χ4v) is 5.23. The van der Waals surface area contributed by atoms with Crippen LogP contribution in [-0.4, -0.2) is 40.5 Å². The number of thioether (sulfide) groups is 1. The average molecular weight is 304 g/mol. The molecule has 1 aromatic rings. The van der Waals surface area contributed by atoms with Crippen LogP contribution in [0.25, 0.3) is 0 Å². The van der Waals surface area contributed by atoms with Crippen molar-refractivity contribution in [2.45, 2.75) is 62.1 Å². The molecule has 2 unspecified atom stereocenters. The number of rotatable bonds is 3. The monoisotopic (exact) mass is 304 g/mol. The van der Waals surface area contributed by atoms with Crippen LogP contribution in [0.3, 0.4) is 0 Å². The third-order valence-electron chi connectivity index (χ3n) is 5.40. The summed E-state index contributed by atoms with van der Waals surface area (Å²) in [7, 11) is 2.29. The summed E-state index contributed by atoms with van der Waals surface area (Å²) in [5.74, 6) is 4.90. The Morgan fingerprint density at radius 3 is 2.67 bits per heavy atom. The number of piperidine rings is 1. The van der Waals surface area contributed by atoms with Crippen LogP contribution in [0.15, 0.2) is 0 Å². The topological polar surface area (TPSA) is 41.1 Å². The fraction of sp³-hybridized carbons (Fsp3) is 0.750. The predicted molar refractivity (Wildman–Crippen MR) is 87.7 cm³/mol. The van der Waals surface area contributed by atoms with Crippen molar-refractivity contribution in [3.8, 4) is 0 Å². The van der Waals surface area contributed by atoms with Gasteiger partial charge in [-0.05, 0) is 39.7 Å². The van der Waals surface area contributed by atoms with Crippen LogP contribution in [0, 0.1) is 0 Å². The Balaban J connectivity index is 1.65. The van der Waals surface area contributed by atoms with Crippen molar-refractivity contribution >= 4 is 17.6 Å². The smallest absolute Gasteiger partial charge is 0.134 e. The highest BCUT2D eigenvalue weighted by Gasteiger charge is 2.40. The minimum Gasteiger partial charge on any atom is -0.370 e. The van der Waals surface area contributed by atoms with Crippen molar-refractivity contribution in [2.75, 3.05) is 18.9 Å². The summed E-state index contributed by atoms with van der Waals surface area (Å²) in [5, 5.41) is 3.46. The first-order chi connectivity index (χ1) is 10.3. The summed E-state index contributed by atoms with van der Waals surface area (Å²) in [4.78, 5) is 12.5. The van der Waals surface area contributed by atoms with Gasteiger partial charge in [0.25, 0.3) is 0 Å². The number of hydrogen-bond donors (Lipinski definition) is 1. The van der Waals surface area contributed by atoms with E-state index in [1.165, 1.54) is 36.9 Å². The lowest BCUT2D eigenvalue weighted by Crippen LogP contribution is -2.39. The summed E-state index contributed by atoms with van der Waals surface area (Å²) in [6.45, 7) is 3.08. The maximum absolute atomic E-state index is 4.95. The molecule has 0 radical (unpaired) electrons. The predicted octanol–water partition coefficient (Wildman–Crippen LogP) is 3.00. The zero-order chi connectivity index (χ0) is 14.4. The number of nitrogens with zero attached hydrogens (tertiary/aromatic N) is 3. The van der Waals surface area contributed by atoms with Crippen molar-refractivity contribution < 1.29 is 0 Å². The minimum absolute atomic E-state index is 0.562. The largest absolute Gasteiger partial charge is 0.370 e. The number of nitrogens with one attached hydrogen (secondary N) is 1. The Labute approximate surface area is 131 Å². The van der Waals surface area contributed by atoms with E-state index < -0.39 is 0 Å². The molecule has 0 amide bonds. The maximum atomic E-state index is 4.95. The van der Waals surface area contributed by atoms with E-state index in [2.05, 4.69) is 24.2 Å². The van der Waals surface area contributed by atoms with E-state index in [1.54, 1.807) is 0 Å². The first kappa shape index (κ1) is 13.8. The summed E-state index contributed by atoms with van der Waals surface area (Å²) in [6, 6.07) is 1.50.